The van der Waals surface area contributed by atoms with Gasteiger partial charge in [-0.25, -0.2) is 0 Å². The van der Waals surface area contributed by atoms with Crippen LogP contribution in [0.25, 0.3) is 0 Å². The van der Waals surface area contributed by atoms with Crippen molar-refractivity contribution in [3.8, 4) is 0 Å². The standard InChI is InChI=1S/C9H15F3N2O2/c1-5(2)4-6(7(15)13-3)14-8(16)9(10,11)12/h5-6H,4H2,1-3H3,(H,13,15)(H,14,16). The molecule has 0 rings (SSSR count). The van der Waals surface area contributed by atoms with E-state index in [-0.39, 0.29) is 12.3 Å². The second kappa shape index (κ2) is 5.72. The number of carbonyl (C=O) groups is 2. The van der Waals surface area contributed by atoms with E-state index < -0.39 is 24.0 Å². The van der Waals surface area contributed by atoms with Gasteiger partial charge in [0, 0.05) is 7.05 Å². The van der Waals surface area contributed by atoms with Gasteiger partial charge in [-0.3, -0.25) is 9.59 Å². The first-order valence-corrected chi connectivity index (χ1v) is 4.77. The van der Waals surface area contributed by atoms with Gasteiger partial charge in [-0.2, -0.15) is 13.2 Å². The lowest BCUT2D eigenvalue weighted by Gasteiger charge is -2.19. The van der Waals surface area contributed by atoms with E-state index in [2.05, 4.69) is 5.32 Å². The lowest BCUT2D eigenvalue weighted by molar-refractivity contribution is -0.174. The lowest BCUT2D eigenvalue weighted by atomic mass is 10.0. The molecule has 0 radical (unpaired) electrons. The quantitative estimate of drug-likeness (QED) is 0.764. The van der Waals surface area contributed by atoms with Crippen LogP contribution in [0.4, 0.5) is 13.2 Å². The van der Waals surface area contributed by atoms with Gasteiger partial charge in [0.25, 0.3) is 0 Å². The van der Waals surface area contributed by atoms with Gasteiger partial charge in [-0.05, 0) is 12.3 Å². The maximum absolute atomic E-state index is 12.0. The molecular weight excluding hydrogens is 225 g/mol. The minimum Gasteiger partial charge on any atom is -0.357 e. The Morgan fingerprint density at radius 2 is 1.75 bits per heavy atom. The van der Waals surface area contributed by atoms with Gasteiger partial charge in [-0.1, -0.05) is 13.8 Å². The second-order valence-electron chi connectivity index (χ2n) is 3.77. The van der Waals surface area contributed by atoms with Crippen molar-refractivity contribution >= 4 is 11.8 Å². The molecule has 0 aromatic carbocycles. The molecule has 0 aromatic heterocycles. The first-order valence-electron chi connectivity index (χ1n) is 4.77. The van der Waals surface area contributed by atoms with Crippen LogP contribution in [-0.2, 0) is 9.59 Å². The number of alkyl halides is 3. The summed E-state index contributed by atoms with van der Waals surface area (Å²) in [5.41, 5.74) is 0. The number of halogens is 3. The van der Waals surface area contributed by atoms with Crippen molar-refractivity contribution in [3.63, 3.8) is 0 Å². The van der Waals surface area contributed by atoms with E-state index in [1.54, 1.807) is 19.2 Å². The van der Waals surface area contributed by atoms with Crippen LogP contribution in [0.2, 0.25) is 0 Å². The molecule has 0 heterocycles. The van der Waals surface area contributed by atoms with Crippen LogP contribution in [-0.4, -0.2) is 31.1 Å². The zero-order valence-electron chi connectivity index (χ0n) is 9.31. The molecule has 0 aliphatic rings. The molecule has 4 nitrogen and oxygen atoms in total. The first-order chi connectivity index (χ1) is 7.18. The Balaban J connectivity index is 4.55. The molecule has 0 fully saturated rings. The smallest absolute Gasteiger partial charge is 0.357 e. The largest absolute Gasteiger partial charge is 0.471 e. The molecule has 7 heteroatoms. The third kappa shape index (κ3) is 4.99. The fourth-order valence-corrected chi connectivity index (χ4v) is 1.12. The predicted octanol–water partition coefficient (Wildman–Crippen LogP) is 0.826. The molecule has 2 N–H and O–H groups in total. The molecule has 2 amide bonds. The lowest BCUT2D eigenvalue weighted by Crippen LogP contribution is -2.50. The highest BCUT2D eigenvalue weighted by Crippen LogP contribution is 2.15. The van der Waals surface area contributed by atoms with E-state index in [1.807, 2.05) is 0 Å². The summed E-state index contributed by atoms with van der Waals surface area (Å²) in [4.78, 5) is 21.9. The van der Waals surface area contributed by atoms with Crippen LogP contribution in [0, 0.1) is 5.92 Å². The fraction of sp³-hybridized carbons (Fsp3) is 0.778. The molecular formula is C9H15F3N2O2. The Morgan fingerprint density at radius 1 is 1.25 bits per heavy atom. The molecule has 0 aliphatic heterocycles. The summed E-state index contributed by atoms with van der Waals surface area (Å²) in [5, 5.41) is 3.87. The maximum atomic E-state index is 12.0. The van der Waals surface area contributed by atoms with Gasteiger partial charge in [0.15, 0.2) is 0 Å². The Labute approximate surface area is 91.6 Å². The Hall–Kier alpha value is -1.27. The predicted molar refractivity (Wildman–Crippen MR) is 51.5 cm³/mol. The van der Waals surface area contributed by atoms with Crippen molar-refractivity contribution in [2.45, 2.75) is 32.5 Å². The van der Waals surface area contributed by atoms with Crippen LogP contribution in [0.5, 0.6) is 0 Å². The van der Waals surface area contributed by atoms with Crippen LogP contribution in [0.3, 0.4) is 0 Å². The van der Waals surface area contributed by atoms with E-state index >= 15 is 0 Å². The molecule has 1 unspecified atom stereocenters. The van der Waals surface area contributed by atoms with Crippen molar-refractivity contribution in [2.75, 3.05) is 7.05 Å². The minimum absolute atomic E-state index is 0.00386. The summed E-state index contributed by atoms with van der Waals surface area (Å²) < 4.78 is 35.9. The third-order valence-corrected chi connectivity index (χ3v) is 1.83. The Morgan fingerprint density at radius 3 is 2.06 bits per heavy atom. The zero-order chi connectivity index (χ0) is 12.9. The average molecular weight is 240 g/mol. The summed E-state index contributed by atoms with van der Waals surface area (Å²) in [7, 11) is 1.30. The Bertz CT molecular complexity index is 264. The number of amides is 2. The monoisotopic (exact) mass is 240 g/mol. The highest BCUT2D eigenvalue weighted by molar-refractivity contribution is 5.89. The van der Waals surface area contributed by atoms with Crippen molar-refractivity contribution in [2.24, 2.45) is 5.92 Å². The average Bonchev–Trinajstić information content (AvgIpc) is 2.13. The second-order valence-corrected chi connectivity index (χ2v) is 3.77. The molecule has 0 aliphatic carbocycles. The normalized spacial score (nSPS) is 13.4. The number of hydrogen-bond acceptors (Lipinski definition) is 2. The summed E-state index contributed by atoms with van der Waals surface area (Å²) in [6.45, 7) is 3.49. The van der Waals surface area contributed by atoms with E-state index in [0.717, 1.165) is 0 Å². The SMILES string of the molecule is CNC(=O)C(CC(C)C)NC(=O)C(F)(F)F. The fourth-order valence-electron chi connectivity index (χ4n) is 1.12. The molecule has 1 atom stereocenters. The van der Waals surface area contributed by atoms with Crippen molar-refractivity contribution in [1.82, 2.24) is 10.6 Å². The van der Waals surface area contributed by atoms with Crippen LogP contribution >= 0.6 is 0 Å². The highest BCUT2D eigenvalue weighted by Gasteiger charge is 2.40. The molecule has 94 valence electrons. The van der Waals surface area contributed by atoms with Gasteiger partial charge in [-0.15, -0.1) is 0 Å². The van der Waals surface area contributed by atoms with Crippen molar-refractivity contribution in [1.29, 1.82) is 0 Å². The van der Waals surface area contributed by atoms with Crippen LogP contribution in [0.15, 0.2) is 0 Å². The summed E-state index contributed by atoms with van der Waals surface area (Å²) >= 11 is 0. The van der Waals surface area contributed by atoms with Crippen LogP contribution in [0.1, 0.15) is 20.3 Å². The number of likely N-dealkylation sites (N-methyl/N-ethyl adjacent to an activating group) is 1. The summed E-state index contributed by atoms with van der Waals surface area (Å²) in [6, 6.07) is -1.15. The van der Waals surface area contributed by atoms with Gasteiger partial charge >= 0.3 is 12.1 Å². The summed E-state index contributed by atoms with van der Waals surface area (Å²) in [5.74, 6) is -2.73. The number of hydrogen-bond donors (Lipinski definition) is 2. The molecule has 0 saturated carbocycles. The van der Waals surface area contributed by atoms with Gasteiger partial charge in [0.2, 0.25) is 5.91 Å². The molecule has 0 saturated heterocycles. The van der Waals surface area contributed by atoms with Gasteiger partial charge in [0.05, 0.1) is 0 Å². The highest BCUT2D eigenvalue weighted by atomic mass is 19.4. The van der Waals surface area contributed by atoms with E-state index in [1.165, 1.54) is 7.05 Å². The number of carbonyl (C=O) groups excluding carboxylic acids is 2. The number of rotatable bonds is 4. The van der Waals surface area contributed by atoms with Crippen molar-refractivity contribution in [3.05, 3.63) is 0 Å². The number of nitrogens with one attached hydrogen (secondary N) is 2. The van der Waals surface area contributed by atoms with Gasteiger partial charge in [0.1, 0.15) is 6.04 Å². The summed E-state index contributed by atoms with van der Waals surface area (Å²) in [6.07, 6.45) is -4.81. The molecule has 16 heavy (non-hydrogen) atoms. The molecule has 0 aromatic rings. The first kappa shape index (κ1) is 14.7. The van der Waals surface area contributed by atoms with Gasteiger partial charge < -0.3 is 10.6 Å². The third-order valence-electron chi connectivity index (χ3n) is 1.83. The van der Waals surface area contributed by atoms with Crippen molar-refractivity contribution < 1.29 is 22.8 Å². The molecule has 0 spiro atoms. The minimum atomic E-state index is -4.97. The van der Waals surface area contributed by atoms with E-state index in [9.17, 15) is 22.8 Å². The van der Waals surface area contributed by atoms with Crippen LogP contribution < -0.4 is 10.6 Å². The molecule has 0 bridgehead atoms. The maximum Gasteiger partial charge on any atom is 0.471 e. The van der Waals surface area contributed by atoms with E-state index in [4.69, 9.17) is 0 Å². The zero-order valence-corrected chi connectivity index (χ0v) is 9.31. The Kier molecular flexibility index (Phi) is 5.26. The van der Waals surface area contributed by atoms with E-state index in [0.29, 0.717) is 0 Å². The topological polar surface area (TPSA) is 58.2 Å².